The van der Waals surface area contributed by atoms with Crippen molar-refractivity contribution in [1.29, 1.82) is 0 Å². The summed E-state index contributed by atoms with van der Waals surface area (Å²) in [7, 11) is 0. The van der Waals surface area contributed by atoms with E-state index in [1.54, 1.807) is 0 Å². The molecule has 42 heavy (non-hydrogen) atoms. The molecule has 0 saturated carbocycles. The number of rotatable bonds is 4. The van der Waals surface area contributed by atoms with E-state index in [1.165, 1.54) is 21.7 Å². The first kappa shape index (κ1) is 24.1. The van der Waals surface area contributed by atoms with E-state index in [9.17, 15) is 0 Å². The zero-order valence-electron chi connectivity index (χ0n) is 22.9. The molecule has 0 aliphatic heterocycles. The molecule has 0 unspecified atom stereocenters. The second kappa shape index (κ2) is 9.43. The first-order chi connectivity index (χ1) is 20.7. The van der Waals surface area contributed by atoms with Gasteiger partial charge in [-0.25, -0.2) is 0 Å². The van der Waals surface area contributed by atoms with Crippen molar-refractivity contribution in [2.24, 2.45) is 11.5 Å². The van der Waals surface area contributed by atoms with Gasteiger partial charge < -0.3 is 16.0 Å². The third-order valence-electron chi connectivity index (χ3n) is 8.26. The predicted molar refractivity (Wildman–Crippen MR) is 178 cm³/mol. The minimum Gasteiger partial charge on any atom is -0.398 e. The van der Waals surface area contributed by atoms with Crippen molar-refractivity contribution in [1.82, 2.24) is 9.13 Å². The Morgan fingerprint density at radius 2 is 1.14 bits per heavy atom. The molecule has 200 valence electrons. The average molecular weight is 541 g/mol. The van der Waals surface area contributed by atoms with Gasteiger partial charge in [-0.05, 0) is 59.5 Å². The Labute approximate surface area is 243 Å². The third-order valence-corrected chi connectivity index (χ3v) is 8.26. The lowest BCUT2D eigenvalue weighted by molar-refractivity contribution is 1.18. The smallest absolute Gasteiger partial charge is 0.108 e. The Balaban J connectivity index is 1.46. The van der Waals surface area contributed by atoms with E-state index in [1.807, 2.05) is 42.5 Å². The minimum atomic E-state index is 0.608. The van der Waals surface area contributed by atoms with Gasteiger partial charge in [-0.15, -0.1) is 0 Å². The maximum absolute atomic E-state index is 6.90. The van der Waals surface area contributed by atoms with Crippen LogP contribution in [0.25, 0.3) is 71.6 Å². The van der Waals surface area contributed by atoms with Crippen molar-refractivity contribution in [3.05, 3.63) is 151 Å². The van der Waals surface area contributed by atoms with Crippen LogP contribution in [-0.2, 0) is 0 Å². The Bertz CT molecular complexity index is 2350. The average Bonchev–Trinajstić information content (AvgIpc) is 3.56. The maximum Gasteiger partial charge on any atom is 0.108 e. The monoisotopic (exact) mass is 540 g/mol. The third kappa shape index (κ3) is 3.62. The number of hydrogen-bond acceptors (Lipinski definition) is 2. The van der Waals surface area contributed by atoms with Crippen LogP contribution in [0, 0.1) is 0 Å². The molecule has 0 aliphatic rings. The van der Waals surface area contributed by atoms with Gasteiger partial charge in [-0.1, -0.05) is 97.1 Å². The summed E-state index contributed by atoms with van der Waals surface area (Å²) in [6.07, 6.45) is 3.80. The Hall–Kier alpha value is -5.74. The summed E-state index contributed by atoms with van der Waals surface area (Å²) in [5.41, 5.74) is 20.6. The highest BCUT2D eigenvalue weighted by Crippen LogP contribution is 2.40. The quantitative estimate of drug-likeness (QED) is 0.219. The van der Waals surface area contributed by atoms with Gasteiger partial charge in [0.15, 0.2) is 0 Å². The highest BCUT2D eigenvalue weighted by Gasteiger charge is 2.18. The molecular formula is C38H28N4. The van der Waals surface area contributed by atoms with Crippen molar-refractivity contribution in [2.75, 3.05) is 0 Å². The van der Waals surface area contributed by atoms with Gasteiger partial charge in [0.1, 0.15) is 5.82 Å². The minimum absolute atomic E-state index is 0.608. The first-order valence-corrected chi connectivity index (χ1v) is 14.1. The standard InChI is InChI=1S/C38H28N4/c39-33(25-11-3-1-4-12-25)21-22-37(40)42-35-18-10-7-15-28(35)30-20-19-26-23-32-29-16-8-9-17-34(29)41(27-13-5-2-6-14-27)36(32)24-31(26)38(30)42/h1-24H,39-40H2/b33-21-,37-22+. The van der Waals surface area contributed by atoms with Crippen LogP contribution >= 0.6 is 0 Å². The fourth-order valence-electron chi connectivity index (χ4n) is 6.35. The Morgan fingerprint density at radius 3 is 1.90 bits per heavy atom. The second-order valence-electron chi connectivity index (χ2n) is 10.7. The first-order valence-electron chi connectivity index (χ1n) is 14.1. The number of fused-ring (bicyclic) bond motifs is 8. The normalized spacial score (nSPS) is 12.8. The van der Waals surface area contributed by atoms with Crippen LogP contribution < -0.4 is 11.5 Å². The van der Waals surface area contributed by atoms with Crippen LogP contribution in [0.1, 0.15) is 5.56 Å². The summed E-state index contributed by atoms with van der Waals surface area (Å²) >= 11 is 0. The lowest BCUT2D eigenvalue weighted by atomic mass is 10.0. The Morgan fingerprint density at radius 1 is 0.500 bits per heavy atom. The van der Waals surface area contributed by atoms with E-state index in [0.29, 0.717) is 11.5 Å². The molecule has 4 nitrogen and oxygen atoms in total. The van der Waals surface area contributed by atoms with Gasteiger partial charge in [-0.2, -0.15) is 0 Å². The SMILES string of the molecule is N/C(=C\C=C(/N)n1c2ccccc2c2ccc3cc4c5ccccc5n(-c5ccccc5)c4cc3c21)c1ccccc1. The van der Waals surface area contributed by atoms with Crippen molar-refractivity contribution in [3.8, 4) is 5.69 Å². The van der Waals surface area contributed by atoms with E-state index >= 15 is 0 Å². The maximum atomic E-state index is 6.90. The van der Waals surface area contributed by atoms with E-state index in [2.05, 4.69) is 112 Å². The lowest BCUT2D eigenvalue weighted by Crippen LogP contribution is -2.06. The molecule has 0 saturated heterocycles. The zero-order chi connectivity index (χ0) is 28.2. The Kier molecular flexibility index (Phi) is 5.41. The molecule has 0 atom stereocenters. The predicted octanol–water partition coefficient (Wildman–Crippen LogP) is 8.80. The van der Waals surface area contributed by atoms with Crippen LogP contribution in [0.2, 0.25) is 0 Å². The summed E-state index contributed by atoms with van der Waals surface area (Å²) in [4.78, 5) is 0. The van der Waals surface area contributed by atoms with Crippen LogP contribution in [-0.4, -0.2) is 9.13 Å². The summed E-state index contributed by atoms with van der Waals surface area (Å²) in [5, 5.41) is 7.10. The molecule has 0 aliphatic carbocycles. The summed E-state index contributed by atoms with van der Waals surface area (Å²) in [6.45, 7) is 0. The van der Waals surface area contributed by atoms with Crippen molar-refractivity contribution >= 4 is 65.9 Å². The van der Waals surface area contributed by atoms with Gasteiger partial charge in [0.25, 0.3) is 0 Å². The largest absolute Gasteiger partial charge is 0.398 e. The molecule has 0 radical (unpaired) electrons. The lowest BCUT2D eigenvalue weighted by Gasteiger charge is -2.11. The molecular weight excluding hydrogens is 512 g/mol. The summed E-state index contributed by atoms with van der Waals surface area (Å²) in [5.74, 6) is 0.608. The fourth-order valence-corrected chi connectivity index (χ4v) is 6.35. The van der Waals surface area contributed by atoms with Crippen molar-refractivity contribution in [3.63, 3.8) is 0 Å². The molecule has 4 heteroatoms. The van der Waals surface area contributed by atoms with Crippen LogP contribution in [0.15, 0.2) is 146 Å². The van der Waals surface area contributed by atoms with E-state index in [-0.39, 0.29) is 0 Å². The van der Waals surface area contributed by atoms with Crippen LogP contribution in [0.4, 0.5) is 0 Å². The van der Waals surface area contributed by atoms with E-state index in [0.717, 1.165) is 44.0 Å². The summed E-state index contributed by atoms with van der Waals surface area (Å²) < 4.78 is 4.53. The number of nitrogens with two attached hydrogens (primary N) is 2. The summed E-state index contributed by atoms with van der Waals surface area (Å²) in [6, 6.07) is 46.7. The number of aromatic nitrogens is 2. The van der Waals surface area contributed by atoms with E-state index < -0.39 is 0 Å². The van der Waals surface area contributed by atoms with Gasteiger partial charge in [0.2, 0.25) is 0 Å². The molecule has 2 heterocycles. The molecule has 8 aromatic rings. The number of benzene rings is 6. The van der Waals surface area contributed by atoms with Gasteiger partial charge in [0, 0.05) is 38.3 Å². The molecule has 0 spiro atoms. The molecule has 0 fully saturated rings. The molecule has 8 rings (SSSR count). The van der Waals surface area contributed by atoms with Gasteiger partial charge in [-0.3, -0.25) is 4.57 Å². The van der Waals surface area contributed by atoms with Crippen LogP contribution in [0.5, 0.6) is 0 Å². The van der Waals surface area contributed by atoms with Crippen molar-refractivity contribution < 1.29 is 0 Å². The highest BCUT2D eigenvalue weighted by molar-refractivity contribution is 6.23. The molecule has 6 aromatic carbocycles. The number of allylic oxidation sites excluding steroid dienone is 2. The zero-order valence-corrected chi connectivity index (χ0v) is 22.9. The highest BCUT2D eigenvalue weighted by atomic mass is 15.1. The van der Waals surface area contributed by atoms with E-state index in [4.69, 9.17) is 11.5 Å². The van der Waals surface area contributed by atoms with Crippen molar-refractivity contribution in [2.45, 2.75) is 0 Å². The second-order valence-corrected chi connectivity index (χ2v) is 10.7. The van der Waals surface area contributed by atoms with Gasteiger partial charge >= 0.3 is 0 Å². The number of para-hydroxylation sites is 3. The molecule has 4 N–H and O–H groups in total. The topological polar surface area (TPSA) is 61.9 Å². The molecule has 0 bridgehead atoms. The molecule has 0 amide bonds. The number of hydrogen-bond donors (Lipinski definition) is 2. The van der Waals surface area contributed by atoms with Crippen LogP contribution in [0.3, 0.4) is 0 Å². The van der Waals surface area contributed by atoms with Gasteiger partial charge in [0.05, 0.1) is 22.1 Å². The number of nitrogens with zero attached hydrogens (tertiary/aromatic N) is 2. The fraction of sp³-hybridized carbons (Fsp3) is 0. The molecule has 2 aromatic heterocycles.